The van der Waals surface area contributed by atoms with Crippen LogP contribution in [0.3, 0.4) is 0 Å². The summed E-state index contributed by atoms with van der Waals surface area (Å²) in [6, 6.07) is 0. The van der Waals surface area contributed by atoms with E-state index in [-0.39, 0.29) is 6.10 Å². The quantitative estimate of drug-likeness (QED) is 0.583. The van der Waals surface area contributed by atoms with Crippen LogP contribution in [0.15, 0.2) is 0 Å². The Labute approximate surface area is 86.5 Å². The standard InChI is InChI=1S/C11H22O3/c1-3-5-7-10(13)11(14-9-12)8-6-4-2/h9-11,13H,3-8H2,1-2H3. The lowest BCUT2D eigenvalue weighted by molar-refractivity contribution is -0.140. The van der Waals surface area contributed by atoms with Crippen molar-refractivity contribution in [3.63, 3.8) is 0 Å². The van der Waals surface area contributed by atoms with Gasteiger partial charge in [0.25, 0.3) is 6.47 Å². The monoisotopic (exact) mass is 202 g/mol. The number of carbonyl (C=O) groups excluding carboxylic acids is 1. The molecule has 0 saturated heterocycles. The molecule has 84 valence electrons. The number of carbonyl (C=O) groups is 1. The van der Waals surface area contributed by atoms with Crippen molar-refractivity contribution in [3.8, 4) is 0 Å². The molecule has 0 fully saturated rings. The zero-order valence-corrected chi connectivity index (χ0v) is 9.24. The highest BCUT2D eigenvalue weighted by atomic mass is 16.5. The molecule has 0 amide bonds. The molecule has 14 heavy (non-hydrogen) atoms. The minimum absolute atomic E-state index is 0.306. The Bertz CT molecular complexity index is 136. The first kappa shape index (κ1) is 13.4. The van der Waals surface area contributed by atoms with Crippen molar-refractivity contribution in [1.29, 1.82) is 0 Å². The van der Waals surface area contributed by atoms with Gasteiger partial charge >= 0.3 is 0 Å². The van der Waals surface area contributed by atoms with Gasteiger partial charge in [0.1, 0.15) is 6.10 Å². The summed E-state index contributed by atoms with van der Waals surface area (Å²) in [7, 11) is 0. The van der Waals surface area contributed by atoms with E-state index in [4.69, 9.17) is 4.74 Å². The van der Waals surface area contributed by atoms with E-state index in [9.17, 15) is 9.90 Å². The Morgan fingerprint density at radius 2 is 1.79 bits per heavy atom. The number of rotatable bonds is 9. The summed E-state index contributed by atoms with van der Waals surface area (Å²) in [5.74, 6) is 0. The molecule has 2 unspecified atom stereocenters. The van der Waals surface area contributed by atoms with Crippen molar-refractivity contribution in [2.45, 2.75) is 64.6 Å². The topological polar surface area (TPSA) is 46.5 Å². The summed E-state index contributed by atoms with van der Waals surface area (Å²) in [6.45, 7) is 4.60. The molecule has 0 aromatic heterocycles. The van der Waals surface area contributed by atoms with Crippen LogP contribution in [0.1, 0.15) is 52.4 Å². The lowest BCUT2D eigenvalue weighted by Crippen LogP contribution is -2.28. The lowest BCUT2D eigenvalue weighted by atomic mass is 10.0. The average molecular weight is 202 g/mol. The summed E-state index contributed by atoms with van der Waals surface area (Å²) >= 11 is 0. The normalized spacial score (nSPS) is 14.8. The van der Waals surface area contributed by atoms with Crippen LogP contribution in [0.2, 0.25) is 0 Å². The average Bonchev–Trinajstić information content (AvgIpc) is 2.20. The fraction of sp³-hybridized carbons (Fsp3) is 0.909. The molecule has 0 heterocycles. The first-order valence-electron chi connectivity index (χ1n) is 5.53. The number of ether oxygens (including phenoxy) is 1. The second-order valence-electron chi connectivity index (χ2n) is 3.62. The van der Waals surface area contributed by atoms with Crippen molar-refractivity contribution in [2.24, 2.45) is 0 Å². The van der Waals surface area contributed by atoms with E-state index in [1.165, 1.54) is 0 Å². The third-order valence-electron chi connectivity index (χ3n) is 2.36. The highest BCUT2D eigenvalue weighted by Crippen LogP contribution is 2.13. The van der Waals surface area contributed by atoms with Crippen molar-refractivity contribution in [3.05, 3.63) is 0 Å². The van der Waals surface area contributed by atoms with E-state index in [1.807, 2.05) is 0 Å². The second kappa shape index (κ2) is 9.00. The van der Waals surface area contributed by atoms with Crippen molar-refractivity contribution in [1.82, 2.24) is 0 Å². The number of unbranched alkanes of at least 4 members (excludes halogenated alkanes) is 2. The number of hydrogen-bond acceptors (Lipinski definition) is 3. The molecule has 1 N–H and O–H groups in total. The molecule has 0 aliphatic rings. The zero-order valence-electron chi connectivity index (χ0n) is 9.24. The smallest absolute Gasteiger partial charge is 0.293 e. The van der Waals surface area contributed by atoms with E-state index in [0.717, 1.165) is 38.5 Å². The van der Waals surface area contributed by atoms with Gasteiger partial charge in [-0.2, -0.15) is 0 Å². The second-order valence-corrected chi connectivity index (χ2v) is 3.62. The van der Waals surface area contributed by atoms with Crippen molar-refractivity contribution < 1.29 is 14.6 Å². The molecule has 2 atom stereocenters. The highest BCUT2D eigenvalue weighted by molar-refractivity contribution is 5.37. The van der Waals surface area contributed by atoms with Crippen LogP contribution in [0, 0.1) is 0 Å². The Morgan fingerprint density at radius 1 is 1.21 bits per heavy atom. The van der Waals surface area contributed by atoms with Gasteiger partial charge in [0.15, 0.2) is 0 Å². The summed E-state index contributed by atoms with van der Waals surface area (Å²) in [5, 5.41) is 9.71. The molecule has 0 aliphatic heterocycles. The van der Waals surface area contributed by atoms with Crippen molar-refractivity contribution >= 4 is 6.47 Å². The third kappa shape index (κ3) is 5.97. The maximum Gasteiger partial charge on any atom is 0.293 e. The molecule has 0 rings (SSSR count). The van der Waals surface area contributed by atoms with Gasteiger partial charge in [0.05, 0.1) is 6.10 Å². The molecule has 0 aliphatic carbocycles. The summed E-state index contributed by atoms with van der Waals surface area (Å²) < 4.78 is 4.87. The molecular formula is C11H22O3. The minimum Gasteiger partial charge on any atom is -0.462 e. The van der Waals surface area contributed by atoms with Gasteiger partial charge in [0, 0.05) is 0 Å². The lowest BCUT2D eigenvalue weighted by Gasteiger charge is -2.20. The van der Waals surface area contributed by atoms with Crippen LogP contribution in [0.4, 0.5) is 0 Å². The van der Waals surface area contributed by atoms with Crippen LogP contribution in [0.5, 0.6) is 0 Å². The van der Waals surface area contributed by atoms with Gasteiger partial charge in [-0.3, -0.25) is 4.79 Å². The maximum absolute atomic E-state index is 10.2. The van der Waals surface area contributed by atoms with Gasteiger partial charge in [-0.05, 0) is 19.3 Å². The Balaban J connectivity index is 3.83. The number of aliphatic hydroxyl groups excluding tert-OH is 1. The van der Waals surface area contributed by atoms with Crippen LogP contribution < -0.4 is 0 Å². The molecule has 3 heteroatoms. The maximum atomic E-state index is 10.2. The Morgan fingerprint density at radius 3 is 2.29 bits per heavy atom. The van der Waals surface area contributed by atoms with Crippen LogP contribution in [-0.2, 0) is 9.53 Å². The van der Waals surface area contributed by atoms with E-state index < -0.39 is 6.10 Å². The van der Waals surface area contributed by atoms with Gasteiger partial charge in [-0.1, -0.05) is 33.1 Å². The minimum atomic E-state index is -0.494. The van der Waals surface area contributed by atoms with E-state index in [2.05, 4.69) is 13.8 Å². The molecular weight excluding hydrogens is 180 g/mol. The zero-order chi connectivity index (χ0) is 10.8. The Hall–Kier alpha value is -0.570. The fourth-order valence-corrected chi connectivity index (χ4v) is 1.43. The summed E-state index contributed by atoms with van der Waals surface area (Å²) in [6.07, 6.45) is 4.76. The fourth-order valence-electron chi connectivity index (χ4n) is 1.43. The van der Waals surface area contributed by atoms with Crippen molar-refractivity contribution in [2.75, 3.05) is 0 Å². The van der Waals surface area contributed by atoms with Crippen LogP contribution in [0.25, 0.3) is 0 Å². The van der Waals surface area contributed by atoms with E-state index in [1.54, 1.807) is 0 Å². The summed E-state index contributed by atoms with van der Waals surface area (Å²) in [5.41, 5.74) is 0. The van der Waals surface area contributed by atoms with Gasteiger partial charge in [-0.25, -0.2) is 0 Å². The predicted molar refractivity (Wildman–Crippen MR) is 56.0 cm³/mol. The van der Waals surface area contributed by atoms with Crippen LogP contribution in [-0.4, -0.2) is 23.8 Å². The molecule has 0 aromatic rings. The predicted octanol–water partition coefficient (Wildman–Crippen LogP) is 2.27. The van der Waals surface area contributed by atoms with E-state index in [0.29, 0.717) is 6.47 Å². The molecule has 3 nitrogen and oxygen atoms in total. The van der Waals surface area contributed by atoms with Gasteiger partial charge < -0.3 is 9.84 Å². The first-order chi connectivity index (χ1) is 6.76. The molecule has 0 bridgehead atoms. The molecule has 0 radical (unpaired) electrons. The highest BCUT2D eigenvalue weighted by Gasteiger charge is 2.18. The molecule has 0 aromatic carbocycles. The van der Waals surface area contributed by atoms with Gasteiger partial charge in [-0.15, -0.1) is 0 Å². The summed E-state index contributed by atoms with van der Waals surface area (Å²) in [4.78, 5) is 10.2. The van der Waals surface area contributed by atoms with E-state index >= 15 is 0 Å². The largest absolute Gasteiger partial charge is 0.462 e. The Kier molecular flexibility index (Phi) is 8.64. The number of hydrogen-bond donors (Lipinski definition) is 1. The van der Waals surface area contributed by atoms with Gasteiger partial charge in [0.2, 0.25) is 0 Å². The number of aliphatic hydroxyl groups is 1. The third-order valence-corrected chi connectivity index (χ3v) is 2.36. The molecule has 0 saturated carbocycles. The molecule has 0 spiro atoms. The first-order valence-corrected chi connectivity index (χ1v) is 5.53. The SMILES string of the molecule is CCCCC(O)C(CCCC)OC=O. The van der Waals surface area contributed by atoms with Crippen LogP contribution >= 0.6 is 0 Å².